The number of nitrogens with two attached hydrogens (primary N) is 7. The summed E-state index contributed by atoms with van der Waals surface area (Å²) in [6.07, 6.45) is -31.9. The molecule has 4 aliphatic heterocycles. The quantitative estimate of drug-likeness (QED) is 0.0863. The predicted octanol–water partition coefficient (Wildman–Crippen LogP) is -13.1. The van der Waals surface area contributed by atoms with Crippen LogP contribution in [0.2, 0.25) is 0 Å². The van der Waals surface area contributed by atoms with Crippen LogP contribution in [0.3, 0.4) is 0 Å². The van der Waals surface area contributed by atoms with Gasteiger partial charge in [-0.3, -0.25) is 0 Å². The third-order valence-electron chi connectivity index (χ3n) is 13.1. The zero-order valence-corrected chi connectivity index (χ0v) is 36.1. The van der Waals surface area contributed by atoms with Crippen molar-refractivity contribution >= 4 is 0 Å². The molecule has 0 radical (unpaired) electrons. The summed E-state index contributed by atoms with van der Waals surface area (Å²) in [7, 11) is 0. The number of aliphatic hydroxyl groups is 14. The lowest BCUT2D eigenvalue weighted by Gasteiger charge is -2.48. The van der Waals surface area contributed by atoms with Crippen LogP contribution < -0.4 is 40.1 Å². The zero-order chi connectivity index (χ0) is 49.2. The molecule has 0 amide bonds. The molecule has 0 bridgehead atoms. The Balaban J connectivity index is 0.000000247. The van der Waals surface area contributed by atoms with Gasteiger partial charge in [-0.05, 0) is 19.3 Å². The van der Waals surface area contributed by atoms with Crippen LogP contribution >= 0.6 is 0 Å². The Bertz CT molecular complexity index is 1270. The van der Waals surface area contributed by atoms with E-state index >= 15 is 0 Å². The fourth-order valence-corrected chi connectivity index (χ4v) is 8.94. The van der Waals surface area contributed by atoms with Crippen LogP contribution in [-0.2, 0) is 37.9 Å². The van der Waals surface area contributed by atoms with Gasteiger partial charge in [0, 0.05) is 30.7 Å². The van der Waals surface area contributed by atoms with E-state index in [9.17, 15) is 71.5 Å². The minimum atomic E-state index is -1.66. The van der Waals surface area contributed by atoms with Crippen LogP contribution in [0.15, 0.2) is 0 Å². The first-order chi connectivity index (χ1) is 31.0. The molecule has 28 N–H and O–H groups in total. The second kappa shape index (κ2) is 23.8. The van der Waals surface area contributed by atoms with Crippen LogP contribution in [0.5, 0.6) is 0 Å². The van der Waals surface area contributed by atoms with Crippen molar-refractivity contribution < 1.29 is 109 Å². The zero-order valence-electron chi connectivity index (χ0n) is 36.1. The van der Waals surface area contributed by atoms with E-state index in [1.165, 1.54) is 0 Å². The van der Waals surface area contributed by atoms with Crippen LogP contribution in [0.4, 0.5) is 0 Å². The monoisotopic (exact) mass is 967 g/mol. The topological polar surface area (TPSA) is 539 Å². The maximum atomic E-state index is 11.0. The van der Waals surface area contributed by atoms with Crippen molar-refractivity contribution in [3.63, 3.8) is 0 Å². The Labute approximate surface area is 378 Å². The largest absolute Gasteiger partial charge is 0.394 e. The van der Waals surface area contributed by atoms with Gasteiger partial charge in [0.1, 0.15) is 116 Å². The summed E-state index contributed by atoms with van der Waals surface area (Å²) in [6.45, 7) is 0.373. The molecule has 0 spiro atoms. The van der Waals surface area contributed by atoms with E-state index in [1.54, 1.807) is 6.92 Å². The number of hydrogen-bond donors (Lipinski definition) is 21. The van der Waals surface area contributed by atoms with E-state index in [2.05, 4.69) is 0 Å². The molecular formula is C37H73N7O22. The summed E-state index contributed by atoms with van der Waals surface area (Å²) in [5.74, 6) is 0. The Morgan fingerprint density at radius 3 is 0.970 bits per heavy atom. The van der Waals surface area contributed by atoms with Gasteiger partial charge in [-0.25, -0.2) is 0 Å². The van der Waals surface area contributed by atoms with E-state index in [-0.39, 0.29) is 19.4 Å². The third-order valence-corrected chi connectivity index (χ3v) is 13.1. The molecule has 6 aliphatic rings. The average Bonchev–Trinajstić information content (AvgIpc) is 3.29. The van der Waals surface area contributed by atoms with Gasteiger partial charge in [-0.1, -0.05) is 6.92 Å². The Kier molecular flexibility index (Phi) is 20.1. The van der Waals surface area contributed by atoms with Gasteiger partial charge in [0.15, 0.2) is 25.2 Å². The Hall–Kier alpha value is -1.16. The molecule has 12 unspecified atom stereocenters. The summed E-state index contributed by atoms with van der Waals surface area (Å²) < 4.78 is 44.6. The first-order valence-electron chi connectivity index (χ1n) is 21.9. The van der Waals surface area contributed by atoms with E-state index in [4.69, 9.17) is 78.0 Å². The number of rotatable bonds is 12. The van der Waals surface area contributed by atoms with Gasteiger partial charge in [0.2, 0.25) is 0 Å². The molecule has 6 fully saturated rings. The Morgan fingerprint density at radius 1 is 0.379 bits per heavy atom. The van der Waals surface area contributed by atoms with E-state index in [0.717, 1.165) is 0 Å². The first-order valence-corrected chi connectivity index (χ1v) is 21.9. The molecule has 2 aliphatic carbocycles. The minimum absolute atomic E-state index is 0.0849. The molecule has 29 nitrogen and oxygen atoms in total. The maximum absolute atomic E-state index is 11.0. The highest BCUT2D eigenvalue weighted by molar-refractivity contribution is 5.03. The molecule has 2 saturated carbocycles. The SMILES string of the molecule is CC[C@H]1O[C@H](OC2C(O)[C@@H](O[C@H]3OC(CO)[C@@H](O)[C@H](N)C3O)[C@H](N)C[C@@H]2N)C(O)C(O)[C@@H]1O.NC[C@H]1O[C@H](OC2C(O)[C@@H](O[C@H]3OC(CO)[C@@H](O)[C@H](N)C3O)[C@H](N)C[C@@H]2N)C(O)C(O)[C@@H]1O. The molecular weight excluding hydrogens is 894 g/mol. The molecule has 4 heterocycles. The van der Waals surface area contributed by atoms with Crippen molar-refractivity contribution in [1.29, 1.82) is 0 Å². The second-order valence-corrected chi connectivity index (χ2v) is 17.8. The molecule has 0 aromatic heterocycles. The lowest BCUT2D eigenvalue weighted by Crippen LogP contribution is -2.68. The molecule has 6 rings (SSSR count). The lowest BCUT2D eigenvalue weighted by molar-refractivity contribution is -0.333. The second-order valence-electron chi connectivity index (χ2n) is 17.8. The van der Waals surface area contributed by atoms with Crippen molar-refractivity contribution in [2.24, 2.45) is 40.1 Å². The predicted molar refractivity (Wildman–Crippen MR) is 217 cm³/mol. The smallest absolute Gasteiger partial charge is 0.187 e. The highest BCUT2D eigenvalue weighted by atomic mass is 16.7. The third kappa shape index (κ3) is 11.8. The van der Waals surface area contributed by atoms with Crippen LogP contribution in [0.25, 0.3) is 0 Å². The highest BCUT2D eigenvalue weighted by Gasteiger charge is 2.54. The van der Waals surface area contributed by atoms with Gasteiger partial charge in [0.05, 0.1) is 31.4 Å². The average molecular weight is 968 g/mol. The van der Waals surface area contributed by atoms with Gasteiger partial charge in [0.25, 0.3) is 0 Å². The molecule has 388 valence electrons. The standard InChI is InChI=1S/C19H37N3O11.C18H36N4O11/c1-2-7-11(25)13(27)14(28)19(30-7)33-17-6(21)3-5(20)16(15(17)29)32-18-12(26)9(22)10(24)8(4-23)31-18;19-2-6-10(25)12(27)13(28)18(30-6)33-16-5(21)1-4(20)15(14(16)29)32-17-11(26)8(22)9(24)7(3-23)31-17/h5-19,23-29H,2-4,20-22H2,1H3;4-18,23-29H,1-3,19-22H2/t5-,6+,7-,8?,9+,10-,11-,12?,13?,14?,15?,16+,17?,18-,19-;4-,5+,6-,7?,8+,9-,10-,11?,12?,13?,14?,15+,16?,17-,18-/m11/s1. The number of ether oxygens (including phenoxy) is 8. The number of aliphatic hydroxyl groups excluding tert-OH is 14. The van der Waals surface area contributed by atoms with E-state index < -0.39 is 197 Å². The molecule has 0 aromatic rings. The normalized spacial score (nSPS) is 53.7. The van der Waals surface area contributed by atoms with Crippen LogP contribution in [0.1, 0.15) is 26.2 Å². The highest BCUT2D eigenvalue weighted by Crippen LogP contribution is 2.34. The maximum Gasteiger partial charge on any atom is 0.187 e. The lowest BCUT2D eigenvalue weighted by atomic mass is 9.84. The van der Waals surface area contributed by atoms with E-state index in [1.807, 2.05) is 0 Å². The Morgan fingerprint density at radius 2 is 0.667 bits per heavy atom. The van der Waals surface area contributed by atoms with Crippen molar-refractivity contribution in [2.45, 2.75) is 210 Å². The van der Waals surface area contributed by atoms with Crippen LogP contribution in [0, 0.1) is 0 Å². The minimum Gasteiger partial charge on any atom is -0.394 e. The van der Waals surface area contributed by atoms with Crippen molar-refractivity contribution in [3.8, 4) is 0 Å². The molecule has 66 heavy (non-hydrogen) atoms. The summed E-state index contributed by atoms with van der Waals surface area (Å²) in [5, 5.41) is 142. The van der Waals surface area contributed by atoms with Gasteiger partial charge >= 0.3 is 0 Å². The van der Waals surface area contributed by atoms with Crippen molar-refractivity contribution in [1.82, 2.24) is 0 Å². The van der Waals surface area contributed by atoms with Gasteiger partial charge in [-0.2, -0.15) is 0 Å². The fraction of sp³-hybridized carbons (Fsp3) is 1.00. The summed E-state index contributed by atoms with van der Waals surface area (Å²) >= 11 is 0. The summed E-state index contributed by atoms with van der Waals surface area (Å²) in [6, 6.07) is -5.66. The van der Waals surface area contributed by atoms with Crippen LogP contribution in [-0.4, -0.2) is 275 Å². The molecule has 4 saturated heterocycles. The summed E-state index contributed by atoms with van der Waals surface area (Å²) in [5.41, 5.74) is 41.5. The molecule has 30 atom stereocenters. The van der Waals surface area contributed by atoms with Gasteiger partial charge in [-0.15, -0.1) is 0 Å². The molecule has 29 heteroatoms. The number of hydrogen-bond acceptors (Lipinski definition) is 29. The summed E-state index contributed by atoms with van der Waals surface area (Å²) in [4.78, 5) is 0. The van der Waals surface area contributed by atoms with Crippen molar-refractivity contribution in [2.75, 3.05) is 19.8 Å². The fourth-order valence-electron chi connectivity index (χ4n) is 8.94. The molecule has 0 aromatic carbocycles. The van der Waals surface area contributed by atoms with Gasteiger partial charge < -0.3 is 150 Å². The van der Waals surface area contributed by atoms with E-state index in [0.29, 0.717) is 6.42 Å². The van der Waals surface area contributed by atoms with Crippen molar-refractivity contribution in [3.05, 3.63) is 0 Å². The first kappa shape index (κ1) is 55.8.